The van der Waals surface area contributed by atoms with Gasteiger partial charge in [-0.25, -0.2) is 9.87 Å². The van der Waals surface area contributed by atoms with Gasteiger partial charge < -0.3 is 0 Å². The first-order valence-electron chi connectivity index (χ1n) is 7.93. The number of rotatable bonds is 3. The average Bonchev–Trinajstić information content (AvgIpc) is 2.62. The first kappa shape index (κ1) is 16.0. The lowest BCUT2D eigenvalue weighted by atomic mass is 9.90. The summed E-state index contributed by atoms with van der Waals surface area (Å²) in [6, 6.07) is 4.45. The minimum absolute atomic E-state index is 0.146. The van der Waals surface area contributed by atoms with Gasteiger partial charge in [-0.15, -0.1) is 0 Å². The van der Waals surface area contributed by atoms with Crippen LogP contribution in [0.1, 0.15) is 67.3 Å². The highest BCUT2D eigenvalue weighted by molar-refractivity contribution is 5.93. The van der Waals surface area contributed by atoms with Crippen LogP contribution < -0.4 is 5.48 Å². The predicted molar refractivity (Wildman–Crippen MR) is 79.8 cm³/mol. The first-order valence-corrected chi connectivity index (χ1v) is 7.93. The van der Waals surface area contributed by atoms with Gasteiger partial charge in [0.2, 0.25) is 0 Å². The quantitative estimate of drug-likeness (QED) is 0.647. The van der Waals surface area contributed by atoms with Gasteiger partial charge in [0.1, 0.15) is 5.82 Å². The number of carbonyl (C=O) groups excluding carboxylic acids is 1. The molecule has 3 nitrogen and oxygen atoms in total. The Labute approximate surface area is 125 Å². The molecule has 0 saturated heterocycles. The Hall–Kier alpha value is -1.42. The molecule has 0 aliphatic heterocycles. The normalized spacial score (nSPS) is 17.6. The van der Waals surface area contributed by atoms with E-state index in [1.807, 2.05) is 0 Å². The van der Waals surface area contributed by atoms with Crippen molar-refractivity contribution >= 4 is 5.91 Å². The minimum Gasteiger partial charge on any atom is -0.288 e. The maximum atomic E-state index is 14.1. The molecule has 116 valence electrons. The van der Waals surface area contributed by atoms with Crippen molar-refractivity contribution in [2.75, 3.05) is 0 Å². The summed E-state index contributed by atoms with van der Waals surface area (Å²) in [5.74, 6) is -0.492. The number of hydroxylamine groups is 1. The number of benzene rings is 1. The van der Waals surface area contributed by atoms with Crippen LogP contribution in [0.2, 0.25) is 0 Å². The van der Waals surface area contributed by atoms with E-state index in [0.29, 0.717) is 11.5 Å². The monoisotopic (exact) mass is 293 g/mol. The Morgan fingerprint density at radius 3 is 2.33 bits per heavy atom. The predicted octanol–water partition coefficient (Wildman–Crippen LogP) is 4.24. The summed E-state index contributed by atoms with van der Waals surface area (Å²) in [7, 11) is 0. The van der Waals surface area contributed by atoms with E-state index >= 15 is 0 Å². The molecule has 1 aromatic rings. The van der Waals surface area contributed by atoms with Crippen molar-refractivity contribution in [2.24, 2.45) is 5.92 Å². The van der Waals surface area contributed by atoms with E-state index in [1.54, 1.807) is 12.1 Å². The number of nitrogens with one attached hydrogen (secondary N) is 1. The lowest BCUT2D eigenvalue weighted by molar-refractivity contribution is 0.0706. The molecule has 1 saturated carbocycles. The van der Waals surface area contributed by atoms with Crippen LogP contribution in [-0.2, 0) is 6.42 Å². The number of halogens is 1. The molecule has 2 rings (SSSR count). The molecule has 1 aliphatic rings. The van der Waals surface area contributed by atoms with Crippen LogP contribution in [0.5, 0.6) is 0 Å². The lowest BCUT2D eigenvalue weighted by Gasteiger charge is -2.16. The summed E-state index contributed by atoms with van der Waals surface area (Å²) in [5.41, 5.74) is 2.35. The van der Waals surface area contributed by atoms with Gasteiger partial charge in [-0.1, -0.05) is 57.4 Å². The van der Waals surface area contributed by atoms with Crippen LogP contribution in [0.4, 0.5) is 4.39 Å². The summed E-state index contributed by atoms with van der Waals surface area (Å²) in [6.07, 6.45) is 10.8. The van der Waals surface area contributed by atoms with Crippen molar-refractivity contribution in [3.63, 3.8) is 0 Å². The van der Waals surface area contributed by atoms with E-state index in [2.05, 4.69) is 0 Å². The van der Waals surface area contributed by atoms with Crippen molar-refractivity contribution in [1.29, 1.82) is 0 Å². The van der Waals surface area contributed by atoms with E-state index in [-0.39, 0.29) is 11.4 Å². The zero-order chi connectivity index (χ0) is 15.1. The van der Waals surface area contributed by atoms with Gasteiger partial charge in [-0.3, -0.25) is 10.0 Å². The highest BCUT2D eigenvalue weighted by Crippen LogP contribution is 2.26. The number of hydrogen-bond acceptors (Lipinski definition) is 2. The SMILES string of the molecule is O=C(NO)c1ccc(CC2CCCCCCCC2)c(F)c1. The summed E-state index contributed by atoms with van der Waals surface area (Å²) in [5, 5.41) is 8.57. The molecule has 0 heterocycles. The van der Waals surface area contributed by atoms with Crippen LogP contribution >= 0.6 is 0 Å². The molecule has 1 amide bonds. The largest absolute Gasteiger partial charge is 0.288 e. The van der Waals surface area contributed by atoms with Gasteiger partial charge in [0, 0.05) is 5.56 Å². The van der Waals surface area contributed by atoms with E-state index in [9.17, 15) is 9.18 Å². The molecule has 0 unspecified atom stereocenters. The molecule has 0 atom stereocenters. The molecule has 1 fully saturated rings. The molecule has 0 radical (unpaired) electrons. The van der Waals surface area contributed by atoms with Crippen molar-refractivity contribution < 1.29 is 14.4 Å². The zero-order valence-corrected chi connectivity index (χ0v) is 12.4. The summed E-state index contributed by atoms with van der Waals surface area (Å²) >= 11 is 0. The zero-order valence-electron chi connectivity index (χ0n) is 12.4. The smallest absolute Gasteiger partial charge is 0.274 e. The molecule has 4 heteroatoms. The minimum atomic E-state index is -0.678. The number of hydrogen-bond donors (Lipinski definition) is 2. The second-order valence-electron chi connectivity index (χ2n) is 6.02. The molecule has 0 aromatic heterocycles. The van der Waals surface area contributed by atoms with Gasteiger partial charge in [0.15, 0.2) is 0 Å². The van der Waals surface area contributed by atoms with E-state index in [1.165, 1.54) is 50.1 Å². The summed E-state index contributed by atoms with van der Waals surface area (Å²) in [6.45, 7) is 0. The first-order chi connectivity index (χ1) is 10.2. The molecule has 1 aliphatic carbocycles. The van der Waals surface area contributed by atoms with E-state index in [0.717, 1.165) is 19.3 Å². The van der Waals surface area contributed by atoms with Gasteiger partial charge in [-0.05, 0) is 30.0 Å². The topological polar surface area (TPSA) is 49.3 Å². The molecular weight excluding hydrogens is 269 g/mol. The fourth-order valence-electron chi connectivity index (χ4n) is 3.15. The second-order valence-corrected chi connectivity index (χ2v) is 6.02. The Kier molecular flexibility index (Phi) is 6.18. The summed E-state index contributed by atoms with van der Waals surface area (Å²) < 4.78 is 14.1. The van der Waals surface area contributed by atoms with Crippen LogP contribution in [0.3, 0.4) is 0 Å². The van der Waals surface area contributed by atoms with Crippen LogP contribution in [-0.4, -0.2) is 11.1 Å². The van der Waals surface area contributed by atoms with E-state index in [4.69, 9.17) is 5.21 Å². The van der Waals surface area contributed by atoms with Gasteiger partial charge in [0.05, 0.1) is 0 Å². The molecule has 0 bridgehead atoms. The van der Waals surface area contributed by atoms with Crippen molar-refractivity contribution in [3.8, 4) is 0 Å². The lowest BCUT2D eigenvalue weighted by Crippen LogP contribution is -2.19. The van der Waals surface area contributed by atoms with Gasteiger partial charge in [-0.2, -0.15) is 0 Å². The standard InChI is InChI=1S/C17H24FNO2/c18-16-12-15(17(20)19-21)10-9-14(16)11-13-7-5-3-1-2-4-6-8-13/h9-10,12-13,21H,1-8,11H2,(H,19,20). The Morgan fingerprint density at radius 2 is 1.76 bits per heavy atom. The highest BCUT2D eigenvalue weighted by atomic mass is 19.1. The molecule has 1 aromatic carbocycles. The maximum absolute atomic E-state index is 14.1. The number of carbonyl (C=O) groups is 1. The van der Waals surface area contributed by atoms with Crippen molar-refractivity contribution in [1.82, 2.24) is 5.48 Å². The maximum Gasteiger partial charge on any atom is 0.274 e. The third kappa shape index (κ3) is 4.81. The number of amides is 1. The molecule has 0 spiro atoms. The van der Waals surface area contributed by atoms with Gasteiger partial charge in [0.25, 0.3) is 5.91 Å². The molecule has 21 heavy (non-hydrogen) atoms. The van der Waals surface area contributed by atoms with Crippen molar-refractivity contribution in [3.05, 3.63) is 35.1 Å². The van der Waals surface area contributed by atoms with Crippen LogP contribution in [0.15, 0.2) is 18.2 Å². The van der Waals surface area contributed by atoms with Crippen LogP contribution in [0, 0.1) is 11.7 Å². The average molecular weight is 293 g/mol. The van der Waals surface area contributed by atoms with Crippen molar-refractivity contribution in [2.45, 2.75) is 57.8 Å². The molecule has 2 N–H and O–H groups in total. The Morgan fingerprint density at radius 1 is 1.14 bits per heavy atom. The third-order valence-corrected chi connectivity index (χ3v) is 4.40. The van der Waals surface area contributed by atoms with E-state index < -0.39 is 5.91 Å². The highest BCUT2D eigenvalue weighted by Gasteiger charge is 2.15. The molecular formula is C17H24FNO2. The fourth-order valence-corrected chi connectivity index (χ4v) is 3.15. The van der Waals surface area contributed by atoms with Gasteiger partial charge >= 0.3 is 0 Å². The second kappa shape index (κ2) is 8.13. The Bertz CT molecular complexity index is 466. The Balaban J connectivity index is 2.02. The fraction of sp³-hybridized carbons (Fsp3) is 0.588. The third-order valence-electron chi connectivity index (χ3n) is 4.40. The van der Waals surface area contributed by atoms with Crippen LogP contribution in [0.25, 0.3) is 0 Å². The summed E-state index contributed by atoms with van der Waals surface area (Å²) in [4.78, 5) is 11.3.